The lowest BCUT2D eigenvalue weighted by Gasteiger charge is -1.97. The van der Waals surface area contributed by atoms with Crippen LogP contribution in [-0.4, -0.2) is 17.0 Å². The Morgan fingerprint density at radius 3 is 3.00 bits per heavy atom. The quantitative estimate of drug-likeness (QED) is 0.708. The second-order valence-corrected chi connectivity index (χ2v) is 3.63. The number of aromatic nitrogens is 2. The van der Waals surface area contributed by atoms with E-state index < -0.39 is 0 Å². The van der Waals surface area contributed by atoms with Gasteiger partial charge in [0, 0.05) is 11.9 Å². The van der Waals surface area contributed by atoms with Crippen molar-refractivity contribution in [1.82, 2.24) is 15.3 Å². The average Bonchev–Trinajstić information content (AvgIpc) is 2.69. The fourth-order valence-corrected chi connectivity index (χ4v) is 1.86. The summed E-state index contributed by atoms with van der Waals surface area (Å²) in [7, 11) is 1.89. The Kier molecular flexibility index (Phi) is 2.08. The molecule has 4 nitrogen and oxygen atoms in total. The second kappa shape index (κ2) is 3.57. The Bertz CT molecular complexity index is 645. The molecule has 0 amide bonds. The zero-order valence-corrected chi connectivity index (χ0v) is 8.90. The molecule has 0 aliphatic heterocycles. The molecule has 3 rings (SSSR count). The normalized spacial score (nSPS) is 11.3. The third-order valence-corrected chi connectivity index (χ3v) is 2.58. The molecule has 0 fully saturated rings. The summed E-state index contributed by atoms with van der Waals surface area (Å²) in [5, 5.41) is 4.11. The summed E-state index contributed by atoms with van der Waals surface area (Å²) >= 11 is 0. The van der Waals surface area contributed by atoms with Crippen molar-refractivity contribution in [2.45, 2.75) is 6.54 Å². The van der Waals surface area contributed by atoms with Gasteiger partial charge in [-0.1, -0.05) is 12.1 Å². The first-order valence-corrected chi connectivity index (χ1v) is 5.16. The van der Waals surface area contributed by atoms with Crippen LogP contribution in [0.1, 0.15) is 5.69 Å². The topological polar surface area (TPSA) is 51.0 Å². The van der Waals surface area contributed by atoms with Crippen molar-refractivity contribution in [3.05, 3.63) is 36.3 Å². The molecular weight excluding hydrogens is 202 g/mol. The van der Waals surface area contributed by atoms with Gasteiger partial charge in [-0.25, -0.2) is 9.97 Å². The Morgan fingerprint density at radius 2 is 2.12 bits per heavy atom. The molecule has 1 N–H and O–H groups in total. The predicted molar refractivity (Wildman–Crippen MR) is 62.1 cm³/mol. The Labute approximate surface area is 92.3 Å². The molecule has 3 aromatic rings. The number of hydrogen-bond acceptors (Lipinski definition) is 4. The number of fused-ring (bicyclic) bond motifs is 3. The van der Waals surface area contributed by atoms with E-state index in [9.17, 15) is 0 Å². The van der Waals surface area contributed by atoms with E-state index in [1.165, 1.54) is 0 Å². The molecule has 2 aromatic heterocycles. The molecule has 16 heavy (non-hydrogen) atoms. The lowest BCUT2D eigenvalue weighted by atomic mass is 10.2. The van der Waals surface area contributed by atoms with Gasteiger partial charge in [0.25, 0.3) is 0 Å². The molecule has 1 aromatic carbocycles. The van der Waals surface area contributed by atoms with Crippen LogP contribution < -0.4 is 5.32 Å². The summed E-state index contributed by atoms with van der Waals surface area (Å²) in [4.78, 5) is 8.50. The first-order valence-electron chi connectivity index (χ1n) is 5.16. The van der Waals surface area contributed by atoms with Crippen LogP contribution in [0.15, 0.2) is 35.0 Å². The van der Waals surface area contributed by atoms with Crippen molar-refractivity contribution in [2.24, 2.45) is 0 Å². The lowest BCUT2D eigenvalue weighted by molar-refractivity contribution is 0.649. The van der Waals surface area contributed by atoms with Crippen molar-refractivity contribution in [3.63, 3.8) is 0 Å². The standard InChI is InChI=1S/C12H11N3O/c1-13-6-9-12-11(15-7-14-9)8-4-2-3-5-10(8)16-12/h2-5,7,13H,6H2,1H3. The molecule has 0 atom stereocenters. The van der Waals surface area contributed by atoms with Gasteiger partial charge in [-0.05, 0) is 19.2 Å². The summed E-state index contributed by atoms with van der Waals surface area (Å²) in [5.74, 6) is 0. The fourth-order valence-electron chi connectivity index (χ4n) is 1.86. The van der Waals surface area contributed by atoms with Crippen LogP contribution in [0.5, 0.6) is 0 Å². The summed E-state index contributed by atoms with van der Waals surface area (Å²) in [6.07, 6.45) is 1.58. The van der Waals surface area contributed by atoms with Gasteiger partial charge < -0.3 is 9.73 Å². The molecular formula is C12H11N3O. The van der Waals surface area contributed by atoms with Crippen molar-refractivity contribution in [3.8, 4) is 0 Å². The van der Waals surface area contributed by atoms with E-state index in [-0.39, 0.29) is 0 Å². The van der Waals surface area contributed by atoms with Gasteiger partial charge in [-0.2, -0.15) is 0 Å². The van der Waals surface area contributed by atoms with E-state index in [0.717, 1.165) is 27.8 Å². The van der Waals surface area contributed by atoms with Crippen molar-refractivity contribution < 1.29 is 4.42 Å². The average molecular weight is 213 g/mol. The summed E-state index contributed by atoms with van der Waals surface area (Å²) in [5.41, 5.74) is 3.41. The van der Waals surface area contributed by atoms with Crippen LogP contribution >= 0.6 is 0 Å². The largest absolute Gasteiger partial charge is 0.452 e. The van der Waals surface area contributed by atoms with Gasteiger partial charge in [0.05, 0.1) is 0 Å². The number of para-hydroxylation sites is 1. The number of nitrogens with zero attached hydrogens (tertiary/aromatic N) is 2. The zero-order chi connectivity index (χ0) is 11.0. The zero-order valence-electron chi connectivity index (χ0n) is 8.90. The summed E-state index contributed by atoms with van der Waals surface area (Å²) in [6, 6.07) is 7.89. The molecule has 80 valence electrons. The minimum absolute atomic E-state index is 0.679. The van der Waals surface area contributed by atoms with Crippen LogP contribution in [0.4, 0.5) is 0 Å². The maximum atomic E-state index is 5.77. The summed E-state index contributed by atoms with van der Waals surface area (Å²) in [6.45, 7) is 0.679. The summed E-state index contributed by atoms with van der Waals surface area (Å²) < 4.78 is 5.77. The molecule has 0 aliphatic rings. The molecule has 0 saturated carbocycles. The van der Waals surface area contributed by atoms with Gasteiger partial charge in [0.15, 0.2) is 5.58 Å². The van der Waals surface area contributed by atoms with E-state index in [1.54, 1.807) is 6.33 Å². The number of hydrogen-bond donors (Lipinski definition) is 1. The van der Waals surface area contributed by atoms with Crippen LogP contribution in [0, 0.1) is 0 Å². The van der Waals surface area contributed by atoms with Gasteiger partial charge in [-0.3, -0.25) is 0 Å². The monoisotopic (exact) mass is 213 g/mol. The van der Waals surface area contributed by atoms with Crippen LogP contribution in [0.3, 0.4) is 0 Å². The molecule has 0 spiro atoms. The number of benzene rings is 1. The highest BCUT2D eigenvalue weighted by Gasteiger charge is 2.11. The van der Waals surface area contributed by atoms with Gasteiger partial charge >= 0.3 is 0 Å². The SMILES string of the molecule is CNCc1ncnc2c1oc1ccccc12. The smallest absolute Gasteiger partial charge is 0.176 e. The van der Waals surface area contributed by atoms with Gasteiger partial charge in [0.2, 0.25) is 0 Å². The molecule has 4 heteroatoms. The fraction of sp³-hybridized carbons (Fsp3) is 0.167. The molecule has 0 unspecified atom stereocenters. The van der Waals surface area contributed by atoms with E-state index in [1.807, 2.05) is 31.3 Å². The Balaban J connectivity index is 2.39. The third kappa shape index (κ3) is 1.27. The van der Waals surface area contributed by atoms with Crippen LogP contribution in [0.2, 0.25) is 0 Å². The third-order valence-electron chi connectivity index (χ3n) is 2.58. The van der Waals surface area contributed by atoms with Crippen molar-refractivity contribution >= 4 is 22.1 Å². The molecule has 0 aliphatic carbocycles. The highest BCUT2D eigenvalue weighted by atomic mass is 16.3. The predicted octanol–water partition coefficient (Wildman–Crippen LogP) is 2.10. The Hall–Kier alpha value is -1.94. The first kappa shape index (κ1) is 9.30. The van der Waals surface area contributed by atoms with E-state index in [0.29, 0.717) is 6.54 Å². The minimum Gasteiger partial charge on any atom is -0.452 e. The van der Waals surface area contributed by atoms with Crippen LogP contribution in [0.25, 0.3) is 22.1 Å². The highest BCUT2D eigenvalue weighted by molar-refractivity contribution is 6.02. The number of furan rings is 1. The van der Waals surface area contributed by atoms with E-state index >= 15 is 0 Å². The maximum absolute atomic E-state index is 5.77. The number of rotatable bonds is 2. The molecule has 0 radical (unpaired) electrons. The van der Waals surface area contributed by atoms with E-state index in [2.05, 4.69) is 15.3 Å². The minimum atomic E-state index is 0.679. The maximum Gasteiger partial charge on any atom is 0.176 e. The molecule has 2 heterocycles. The first-order chi connectivity index (χ1) is 7.90. The molecule has 0 saturated heterocycles. The number of nitrogens with one attached hydrogen (secondary N) is 1. The molecule has 0 bridgehead atoms. The lowest BCUT2D eigenvalue weighted by Crippen LogP contribution is -2.07. The van der Waals surface area contributed by atoms with Crippen LogP contribution in [-0.2, 0) is 6.54 Å². The highest BCUT2D eigenvalue weighted by Crippen LogP contribution is 2.27. The van der Waals surface area contributed by atoms with Gasteiger partial charge in [-0.15, -0.1) is 0 Å². The van der Waals surface area contributed by atoms with Crippen molar-refractivity contribution in [1.29, 1.82) is 0 Å². The van der Waals surface area contributed by atoms with Gasteiger partial charge in [0.1, 0.15) is 23.1 Å². The van der Waals surface area contributed by atoms with E-state index in [4.69, 9.17) is 4.42 Å². The Morgan fingerprint density at radius 1 is 1.25 bits per heavy atom. The second-order valence-electron chi connectivity index (χ2n) is 3.63. The van der Waals surface area contributed by atoms with Crippen molar-refractivity contribution in [2.75, 3.05) is 7.05 Å².